The summed E-state index contributed by atoms with van der Waals surface area (Å²) in [6, 6.07) is -0.371. The van der Waals surface area contributed by atoms with Crippen molar-refractivity contribution >= 4 is 12.2 Å². The highest BCUT2D eigenvalue weighted by Gasteiger charge is 2.11. The van der Waals surface area contributed by atoms with E-state index in [0.717, 1.165) is 12.7 Å². The number of nitrogens with two attached hydrogens (primary N) is 1. The first-order chi connectivity index (χ1) is 6.60. The summed E-state index contributed by atoms with van der Waals surface area (Å²) in [5.41, 5.74) is 5.31. The van der Waals surface area contributed by atoms with Crippen molar-refractivity contribution in [2.24, 2.45) is 11.7 Å². The SMILES string of the molecule is CC(C)CC(=O)NC(C=O)CCCN. The van der Waals surface area contributed by atoms with E-state index in [1.807, 2.05) is 13.8 Å². The van der Waals surface area contributed by atoms with Gasteiger partial charge in [-0.25, -0.2) is 0 Å². The molecule has 1 amide bonds. The molecule has 4 nitrogen and oxygen atoms in total. The summed E-state index contributed by atoms with van der Waals surface area (Å²) in [7, 11) is 0. The summed E-state index contributed by atoms with van der Waals surface area (Å²) in [5, 5.41) is 2.67. The predicted octanol–water partition coefficient (Wildman–Crippen LogP) is 0.455. The molecule has 0 heterocycles. The second kappa shape index (κ2) is 7.50. The molecule has 0 radical (unpaired) electrons. The molecule has 1 unspecified atom stereocenters. The molecule has 0 aromatic rings. The summed E-state index contributed by atoms with van der Waals surface area (Å²) in [6.45, 7) is 4.48. The number of aldehydes is 1. The molecule has 0 aromatic carbocycles. The van der Waals surface area contributed by atoms with Crippen molar-refractivity contribution in [2.45, 2.75) is 39.2 Å². The lowest BCUT2D eigenvalue weighted by Crippen LogP contribution is -2.36. The molecule has 0 saturated carbocycles. The summed E-state index contributed by atoms with van der Waals surface area (Å²) >= 11 is 0. The third-order valence-corrected chi connectivity index (χ3v) is 1.82. The van der Waals surface area contributed by atoms with E-state index < -0.39 is 0 Å². The maximum absolute atomic E-state index is 11.3. The third kappa shape index (κ3) is 6.60. The van der Waals surface area contributed by atoms with Gasteiger partial charge in [0, 0.05) is 6.42 Å². The first-order valence-electron chi connectivity index (χ1n) is 5.04. The molecule has 14 heavy (non-hydrogen) atoms. The van der Waals surface area contributed by atoms with Crippen LogP contribution in [0.1, 0.15) is 33.1 Å². The fourth-order valence-corrected chi connectivity index (χ4v) is 1.15. The Bertz CT molecular complexity index is 181. The van der Waals surface area contributed by atoms with Gasteiger partial charge in [0.05, 0.1) is 6.04 Å². The maximum atomic E-state index is 11.3. The van der Waals surface area contributed by atoms with E-state index in [-0.39, 0.29) is 11.9 Å². The van der Waals surface area contributed by atoms with Gasteiger partial charge in [-0.2, -0.15) is 0 Å². The van der Waals surface area contributed by atoms with Crippen molar-refractivity contribution in [3.05, 3.63) is 0 Å². The van der Waals surface area contributed by atoms with Gasteiger partial charge in [-0.3, -0.25) is 4.79 Å². The summed E-state index contributed by atoms with van der Waals surface area (Å²) < 4.78 is 0. The fraction of sp³-hybridized carbons (Fsp3) is 0.800. The number of hydrogen-bond acceptors (Lipinski definition) is 3. The topological polar surface area (TPSA) is 72.2 Å². The van der Waals surface area contributed by atoms with Crippen LogP contribution >= 0.6 is 0 Å². The quantitative estimate of drug-likeness (QED) is 0.586. The summed E-state index contributed by atoms with van der Waals surface area (Å²) in [4.78, 5) is 21.9. The summed E-state index contributed by atoms with van der Waals surface area (Å²) in [6.07, 6.45) is 2.62. The predicted molar refractivity (Wildman–Crippen MR) is 55.7 cm³/mol. The molecular weight excluding hydrogens is 180 g/mol. The van der Waals surface area contributed by atoms with E-state index in [4.69, 9.17) is 5.73 Å². The van der Waals surface area contributed by atoms with Crippen LogP contribution < -0.4 is 11.1 Å². The fourth-order valence-electron chi connectivity index (χ4n) is 1.15. The second-order valence-electron chi connectivity index (χ2n) is 3.84. The second-order valence-corrected chi connectivity index (χ2v) is 3.84. The lowest BCUT2D eigenvalue weighted by atomic mass is 10.1. The van der Waals surface area contributed by atoms with Crippen LogP contribution in [0.5, 0.6) is 0 Å². The molecule has 3 N–H and O–H groups in total. The van der Waals surface area contributed by atoms with Crippen LogP contribution in [0.4, 0.5) is 0 Å². The van der Waals surface area contributed by atoms with E-state index in [0.29, 0.717) is 25.3 Å². The van der Waals surface area contributed by atoms with Crippen molar-refractivity contribution in [1.82, 2.24) is 5.32 Å². The Morgan fingerprint density at radius 3 is 2.57 bits per heavy atom. The van der Waals surface area contributed by atoms with Crippen molar-refractivity contribution in [3.63, 3.8) is 0 Å². The van der Waals surface area contributed by atoms with Crippen molar-refractivity contribution in [1.29, 1.82) is 0 Å². The average Bonchev–Trinajstić information content (AvgIpc) is 2.10. The highest BCUT2D eigenvalue weighted by molar-refractivity contribution is 5.79. The lowest BCUT2D eigenvalue weighted by Gasteiger charge is -2.12. The Balaban J connectivity index is 3.80. The van der Waals surface area contributed by atoms with Crippen molar-refractivity contribution in [2.75, 3.05) is 6.54 Å². The minimum Gasteiger partial charge on any atom is -0.347 e. The highest BCUT2D eigenvalue weighted by atomic mass is 16.2. The molecule has 0 aliphatic carbocycles. The Hall–Kier alpha value is -0.900. The zero-order valence-electron chi connectivity index (χ0n) is 8.95. The highest BCUT2D eigenvalue weighted by Crippen LogP contribution is 2.00. The van der Waals surface area contributed by atoms with E-state index in [1.54, 1.807) is 0 Å². The van der Waals surface area contributed by atoms with Gasteiger partial charge in [-0.05, 0) is 25.3 Å². The van der Waals surface area contributed by atoms with Crippen LogP contribution in [0.25, 0.3) is 0 Å². The Morgan fingerprint density at radius 2 is 2.14 bits per heavy atom. The maximum Gasteiger partial charge on any atom is 0.220 e. The van der Waals surface area contributed by atoms with E-state index in [9.17, 15) is 9.59 Å². The third-order valence-electron chi connectivity index (χ3n) is 1.82. The van der Waals surface area contributed by atoms with Crippen LogP contribution in [-0.4, -0.2) is 24.8 Å². The van der Waals surface area contributed by atoms with Crippen LogP contribution in [0.2, 0.25) is 0 Å². The molecule has 0 fully saturated rings. The first-order valence-corrected chi connectivity index (χ1v) is 5.04. The minimum absolute atomic E-state index is 0.0610. The van der Waals surface area contributed by atoms with Gasteiger partial charge >= 0.3 is 0 Å². The molecule has 0 rings (SSSR count). The van der Waals surface area contributed by atoms with Crippen molar-refractivity contribution < 1.29 is 9.59 Å². The molecule has 0 bridgehead atoms. The van der Waals surface area contributed by atoms with Crippen LogP contribution in [0.15, 0.2) is 0 Å². The largest absolute Gasteiger partial charge is 0.347 e. The average molecular weight is 200 g/mol. The van der Waals surface area contributed by atoms with E-state index in [1.165, 1.54) is 0 Å². The van der Waals surface area contributed by atoms with E-state index >= 15 is 0 Å². The normalized spacial score (nSPS) is 12.6. The van der Waals surface area contributed by atoms with Gasteiger partial charge in [0.25, 0.3) is 0 Å². The zero-order chi connectivity index (χ0) is 11.0. The molecule has 0 aromatic heterocycles. The Labute approximate surface area is 85.2 Å². The number of rotatable bonds is 7. The molecule has 4 heteroatoms. The van der Waals surface area contributed by atoms with Crippen LogP contribution in [-0.2, 0) is 9.59 Å². The van der Waals surface area contributed by atoms with Crippen molar-refractivity contribution in [3.8, 4) is 0 Å². The molecule has 1 atom stereocenters. The molecule has 0 aliphatic heterocycles. The first kappa shape index (κ1) is 13.1. The van der Waals surface area contributed by atoms with Gasteiger partial charge < -0.3 is 15.8 Å². The minimum atomic E-state index is -0.371. The lowest BCUT2D eigenvalue weighted by molar-refractivity contribution is -0.124. The number of carbonyl (C=O) groups excluding carboxylic acids is 2. The molecule has 0 spiro atoms. The van der Waals surface area contributed by atoms with Crippen LogP contribution in [0, 0.1) is 5.92 Å². The van der Waals surface area contributed by atoms with E-state index in [2.05, 4.69) is 5.32 Å². The Morgan fingerprint density at radius 1 is 1.50 bits per heavy atom. The Kier molecular flexibility index (Phi) is 7.02. The number of hydrogen-bond donors (Lipinski definition) is 2. The molecule has 82 valence electrons. The molecule has 0 aliphatic rings. The van der Waals surface area contributed by atoms with Gasteiger partial charge in [0.15, 0.2) is 0 Å². The number of nitrogens with one attached hydrogen (secondary N) is 1. The van der Waals surface area contributed by atoms with Gasteiger partial charge in [0.2, 0.25) is 5.91 Å². The molecular formula is C10H20N2O2. The monoisotopic (exact) mass is 200 g/mol. The summed E-state index contributed by atoms with van der Waals surface area (Å²) in [5.74, 6) is 0.255. The standard InChI is InChI=1S/C10H20N2O2/c1-8(2)6-10(14)12-9(7-13)4-3-5-11/h7-9H,3-6,11H2,1-2H3,(H,12,14). The zero-order valence-corrected chi connectivity index (χ0v) is 8.95. The van der Waals surface area contributed by atoms with Gasteiger partial charge in [-0.1, -0.05) is 13.8 Å². The smallest absolute Gasteiger partial charge is 0.220 e. The number of amides is 1. The van der Waals surface area contributed by atoms with Gasteiger partial charge in [0.1, 0.15) is 6.29 Å². The van der Waals surface area contributed by atoms with Crippen LogP contribution in [0.3, 0.4) is 0 Å². The number of carbonyl (C=O) groups is 2. The molecule has 0 saturated heterocycles. The van der Waals surface area contributed by atoms with Gasteiger partial charge in [-0.15, -0.1) is 0 Å².